The highest BCUT2D eigenvalue weighted by Gasteiger charge is 2.48. The van der Waals surface area contributed by atoms with E-state index < -0.39 is 23.9 Å². The first-order valence-electron chi connectivity index (χ1n) is 9.91. The standard InChI is InChI=1S/C24H21NO5/c1-15(21(26)16-9-3-2-4-10-16)30-24(29)19-13-7-8-14-20(19)25-22(27)17-11-5-6-12-18(17)23(25)28/h2-10,13-15,17-18H,11-12H2,1H3/t15-,17+,18+/m1/s1. The molecular weight excluding hydrogens is 382 g/mol. The Labute approximate surface area is 174 Å². The summed E-state index contributed by atoms with van der Waals surface area (Å²) in [5, 5.41) is 0. The van der Waals surface area contributed by atoms with Gasteiger partial charge in [0.05, 0.1) is 23.1 Å². The van der Waals surface area contributed by atoms with Crippen molar-refractivity contribution in [1.29, 1.82) is 0 Å². The van der Waals surface area contributed by atoms with Gasteiger partial charge in [0.25, 0.3) is 0 Å². The second kappa shape index (κ2) is 8.06. The Kier molecular flexibility index (Phi) is 5.31. The fraction of sp³-hybridized carbons (Fsp3) is 0.250. The van der Waals surface area contributed by atoms with Gasteiger partial charge >= 0.3 is 5.97 Å². The van der Waals surface area contributed by atoms with E-state index in [1.165, 1.54) is 13.0 Å². The third-order valence-corrected chi connectivity index (χ3v) is 5.58. The molecule has 0 spiro atoms. The number of rotatable bonds is 5. The van der Waals surface area contributed by atoms with E-state index in [0.717, 1.165) is 4.90 Å². The molecular formula is C24H21NO5. The lowest BCUT2D eigenvalue weighted by Gasteiger charge is -2.19. The average Bonchev–Trinajstić information content (AvgIpc) is 3.04. The fourth-order valence-electron chi connectivity index (χ4n) is 3.99. The number of amides is 2. The topological polar surface area (TPSA) is 80.8 Å². The van der Waals surface area contributed by atoms with Gasteiger partial charge in [-0.1, -0.05) is 54.6 Å². The van der Waals surface area contributed by atoms with Crippen LogP contribution >= 0.6 is 0 Å². The summed E-state index contributed by atoms with van der Waals surface area (Å²) in [5.41, 5.74) is 0.720. The zero-order chi connectivity index (χ0) is 21.3. The van der Waals surface area contributed by atoms with Gasteiger partial charge in [-0.25, -0.2) is 9.69 Å². The minimum atomic E-state index is -1.01. The predicted molar refractivity (Wildman–Crippen MR) is 110 cm³/mol. The SMILES string of the molecule is C[C@@H](OC(=O)c1ccccc1N1C(=O)[C@H]2CC=CC[C@@H]2C1=O)C(=O)c1ccccc1. The van der Waals surface area contributed by atoms with Gasteiger partial charge in [0, 0.05) is 5.56 Å². The Hall–Kier alpha value is -3.54. The molecule has 2 aromatic carbocycles. The zero-order valence-electron chi connectivity index (χ0n) is 16.5. The molecule has 1 aliphatic heterocycles. The molecule has 2 aliphatic rings. The summed E-state index contributed by atoms with van der Waals surface area (Å²) in [5.74, 6) is -2.48. The van der Waals surface area contributed by atoms with Crippen molar-refractivity contribution >= 4 is 29.3 Å². The molecule has 6 heteroatoms. The second-order valence-corrected chi connectivity index (χ2v) is 7.46. The van der Waals surface area contributed by atoms with Crippen molar-refractivity contribution in [1.82, 2.24) is 0 Å². The molecule has 0 N–H and O–H groups in total. The van der Waals surface area contributed by atoms with Crippen molar-refractivity contribution in [3.63, 3.8) is 0 Å². The fourth-order valence-corrected chi connectivity index (χ4v) is 3.99. The summed E-state index contributed by atoms with van der Waals surface area (Å²) in [7, 11) is 0. The van der Waals surface area contributed by atoms with E-state index in [4.69, 9.17) is 4.74 Å². The van der Waals surface area contributed by atoms with E-state index in [1.54, 1.807) is 48.5 Å². The largest absolute Gasteiger partial charge is 0.451 e. The number of allylic oxidation sites excluding steroid dienone is 2. The number of hydrogen-bond donors (Lipinski definition) is 0. The number of nitrogens with zero attached hydrogens (tertiary/aromatic N) is 1. The van der Waals surface area contributed by atoms with Crippen LogP contribution in [0.15, 0.2) is 66.7 Å². The number of anilines is 1. The highest BCUT2D eigenvalue weighted by Crippen LogP contribution is 2.38. The number of para-hydroxylation sites is 1. The maximum atomic E-state index is 12.9. The molecule has 0 radical (unpaired) electrons. The summed E-state index contributed by atoms with van der Waals surface area (Å²) < 4.78 is 5.39. The third kappa shape index (κ3) is 3.45. The Morgan fingerprint density at radius 2 is 1.47 bits per heavy atom. The molecule has 0 bridgehead atoms. The maximum Gasteiger partial charge on any atom is 0.340 e. The van der Waals surface area contributed by atoms with Crippen LogP contribution in [0.2, 0.25) is 0 Å². The van der Waals surface area contributed by atoms with Crippen LogP contribution in [-0.2, 0) is 14.3 Å². The monoisotopic (exact) mass is 403 g/mol. The highest BCUT2D eigenvalue weighted by molar-refractivity contribution is 6.24. The van der Waals surface area contributed by atoms with Crippen LogP contribution in [0, 0.1) is 11.8 Å². The number of ether oxygens (including phenoxy) is 1. The lowest BCUT2D eigenvalue weighted by atomic mass is 9.85. The lowest BCUT2D eigenvalue weighted by molar-refractivity contribution is -0.122. The Morgan fingerprint density at radius 1 is 0.900 bits per heavy atom. The molecule has 1 heterocycles. The Bertz CT molecular complexity index is 1020. The molecule has 6 nitrogen and oxygen atoms in total. The van der Waals surface area contributed by atoms with E-state index in [2.05, 4.69) is 0 Å². The first-order valence-corrected chi connectivity index (χ1v) is 9.91. The van der Waals surface area contributed by atoms with Crippen molar-refractivity contribution in [2.75, 3.05) is 4.90 Å². The molecule has 1 aliphatic carbocycles. The van der Waals surface area contributed by atoms with Crippen LogP contribution in [0.5, 0.6) is 0 Å². The average molecular weight is 403 g/mol. The summed E-state index contributed by atoms with van der Waals surface area (Å²) >= 11 is 0. The van der Waals surface area contributed by atoms with Crippen LogP contribution in [0.4, 0.5) is 5.69 Å². The van der Waals surface area contributed by atoms with Gasteiger partial charge in [0.15, 0.2) is 6.10 Å². The molecule has 2 amide bonds. The first-order chi connectivity index (χ1) is 14.5. The van der Waals surface area contributed by atoms with E-state index >= 15 is 0 Å². The Morgan fingerprint density at radius 3 is 2.10 bits per heavy atom. The summed E-state index contributed by atoms with van der Waals surface area (Å²) in [6.07, 6.45) is 3.84. The van der Waals surface area contributed by atoms with Crippen LogP contribution < -0.4 is 4.90 Å². The number of esters is 1. The van der Waals surface area contributed by atoms with Gasteiger partial charge in [-0.3, -0.25) is 14.4 Å². The van der Waals surface area contributed by atoms with E-state index in [9.17, 15) is 19.2 Å². The normalized spacial score (nSPS) is 21.3. The summed E-state index contributed by atoms with van der Waals surface area (Å²) in [6, 6.07) is 14.9. The van der Waals surface area contributed by atoms with Crippen LogP contribution in [-0.4, -0.2) is 29.7 Å². The molecule has 2 aromatic rings. The molecule has 1 fully saturated rings. The zero-order valence-corrected chi connectivity index (χ0v) is 16.5. The predicted octanol–water partition coefficient (Wildman–Crippen LogP) is 3.57. The van der Waals surface area contributed by atoms with E-state index in [0.29, 0.717) is 18.4 Å². The quantitative estimate of drug-likeness (QED) is 0.330. The maximum absolute atomic E-state index is 12.9. The van der Waals surface area contributed by atoms with Crippen molar-refractivity contribution in [3.8, 4) is 0 Å². The Balaban J connectivity index is 1.58. The number of hydrogen-bond acceptors (Lipinski definition) is 5. The van der Waals surface area contributed by atoms with Gasteiger partial charge in [-0.15, -0.1) is 0 Å². The van der Waals surface area contributed by atoms with Gasteiger partial charge in [0.1, 0.15) is 0 Å². The minimum Gasteiger partial charge on any atom is -0.451 e. The molecule has 0 aromatic heterocycles. The molecule has 0 unspecified atom stereocenters. The lowest BCUT2D eigenvalue weighted by Crippen LogP contribution is -2.33. The van der Waals surface area contributed by atoms with Crippen molar-refractivity contribution < 1.29 is 23.9 Å². The number of benzene rings is 2. The van der Waals surface area contributed by atoms with E-state index in [1.807, 2.05) is 12.2 Å². The number of imide groups is 1. The summed E-state index contributed by atoms with van der Waals surface area (Å²) in [6.45, 7) is 1.50. The molecule has 3 atom stereocenters. The van der Waals surface area contributed by atoms with Crippen molar-refractivity contribution in [2.24, 2.45) is 11.8 Å². The molecule has 152 valence electrons. The number of carbonyl (C=O) groups excluding carboxylic acids is 4. The van der Waals surface area contributed by atoms with Crippen LogP contribution in [0.25, 0.3) is 0 Å². The van der Waals surface area contributed by atoms with E-state index in [-0.39, 0.29) is 28.8 Å². The smallest absolute Gasteiger partial charge is 0.340 e. The number of ketones is 1. The number of Topliss-reactive ketones (excluding diaryl/α,β-unsaturated/α-hetero) is 1. The minimum absolute atomic E-state index is 0.0820. The van der Waals surface area contributed by atoms with Crippen molar-refractivity contribution in [2.45, 2.75) is 25.9 Å². The van der Waals surface area contributed by atoms with Crippen molar-refractivity contribution in [3.05, 3.63) is 77.9 Å². The van der Waals surface area contributed by atoms with Crippen LogP contribution in [0.3, 0.4) is 0 Å². The highest BCUT2D eigenvalue weighted by atomic mass is 16.5. The second-order valence-electron chi connectivity index (χ2n) is 7.46. The van der Waals surface area contributed by atoms with Crippen LogP contribution in [0.1, 0.15) is 40.5 Å². The third-order valence-electron chi connectivity index (χ3n) is 5.58. The van der Waals surface area contributed by atoms with Gasteiger partial charge in [-0.05, 0) is 31.9 Å². The van der Waals surface area contributed by atoms with Gasteiger partial charge in [-0.2, -0.15) is 0 Å². The number of carbonyl (C=O) groups is 4. The van der Waals surface area contributed by atoms with Gasteiger partial charge in [0.2, 0.25) is 17.6 Å². The van der Waals surface area contributed by atoms with Gasteiger partial charge < -0.3 is 4.74 Å². The molecule has 0 saturated carbocycles. The summed E-state index contributed by atoms with van der Waals surface area (Å²) in [4.78, 5) is 52.3. The molecule has 4 rings (SSSR count). The molecule has 30 heavy (non-hydrogen) atoms. The number of fused-ring (bicyclic) bond motifs is 1. The molecule has 1 saturated heterocycles. The first kappa shape index (κ1) is 19.8.